The fourth-order valence-corrected chi connectivity index (χ4v) is 4.42. The highest BCUT2D eigenvalue weighted by molar-refractivity contribution is 7.95. The molecule has 0 N–H and O–H groups in total. The van der Waals surface area contributed by atoms with E-state index in [9.17, 15) is 8.42 Å². The Kier molecular flexibility index (Phi) is 2.96. The first-order valence-corrected chi connectivity index (χ1v) is 7.91. The van der Waals surface area contributed by atoms with E-state index in [4.69, 9.17) is 11.6 Å². The van der Waals surface area contributed by atoms with Crippen LogP contribution in [0.4, 0.5) is 0 Å². The van der Waals surface area contributed by atoms with Gasteiger partial charge in [-0.05, 0) is 49.7 Å². The molecule has 3 nitrogen and oxygen atoms in total. The summed E-state index contributed by atoms with van der Waals surface area (Å²) in [7, 11) is -3.32. The van der Waals surface area contributed by atoms with E-state index in [2.05, 4.69) is 4.90 Å². The van der Waals surface area contributed by atoms with Gasteiger partial charge in [0.25, 0.3) is 0 Å². The van der Waals surface area contributed by atoms with Gasteiger partial charge in [0.2, 0.25) is 9.84 Å². The normalized spacial score (nSPS) is 21.9. The molecule has 0 spiro atoms. The molecule has 1 aromatic rings. The van der Waals surface area contributed by atoms with Crippen molar-refractivity contribution in [3.63, 3.8) is 0 Å². The molecular weight excluding hydrogens is 270 g/mol. The topological polar surface area (TPSA) is 37.4 Å². The van der Waals surface area contributed by atoms with Gasteiger partial charge in [0.1, 0.15) is 0 Å². The summed E-state index contributed by atoms with van der Waals surface area (Å²) < 4.78 is 24.7. The zero-order chi connectivity index (χ0) is 12.8. The van der Waals surface area contributed by atoms with Crippen LogP contribution in [0.1, 0.15) is 18.4 Å². The Morgan fingerprint density at radius 1 is 1.22 bits per heavy atom. The highest BCUT2D eigenvalue weighted by Gasteiger charge is 2.31. The molecule has 0 radical (unpaired) electrons. The molecule has 0 amide bonds. The van der Waals surface area contributed by atoms with Crippen LogP contribution in [0.5, 0.6) is 0 Å². The smallest absolute Gasteiger partial charge is 0.204 e. The van der Waals surface area contributed by atoms with E-state index in [1.54, 1.807) is 24.3 Å². The molecule has 96 valence electrons. The van der Waals surface area contributed by atoms with Crippen molar-refractivity contribution in [2.24, 2.45) is 0 Å². The first kappa shape index (κ1) is 12.2. The van der Waals surface area contributed by atoms with Crippen molar-refractivity contribution in [1.29, 1.82) is 0 Å². The van der Waals surface area contributed by atoms with Crippen molar-refractivity contribution in [3.8, 4) is 0 Å². The molecule has 1 fully saturated rings. The maximum Gasteiger partial charge on any atom is 0.204 e. The summed E-state index contributed by atoms with van der Waals surface area (Å²) >= 11 is 5.87. The van der Waals surface area contributed by atoms with Crippen LogP contribution in [0, 0.1) is 0 Å². The molecule has 0 saturated carbocycles. The van der Waals surface area contributed by atoms with Crippen LogP contribution in [0.25, 0.3) is 6.08 Å². The van der Waals surface area contributed by atoms with Gasteiger partial charge in [-0.1, -0.05) is 17.7 Å². The standard InChI is InChI=1S/C13H14ClNO2S/c14-11-4-3-10-7-12(9-15-5-1-2-6-15)18(16,17)13(10)8-11/h3-4,7-8H,1-2,5-6,9H2. The average molecular weight is 284 g/mol. The average Bonchev–Trinajstić information content (AvgIpc) is 2.90. The van der Waals surface area contributed by atoms with Crippen LogP contribution in [0.15, 0.2) is 28.0 Å². The SMILES string of the molecule is O=S1(=O)C(CN2CCCC2)=Cc2ccc(Cl)cc21. The second-order valence-corrected chi connectivity index (χ2v) is 7.19. The molecule has 2 aliphatic heterocycles. The summed E-state index contributed by atoms with van der Waals surface area (Å²) in [5.41, 5.74) is 0.758. The summed E-state index contributed by atoms with van der Waals surface area (Å²) in [4.78, 5) is 3.04. The van der Waals surface area contributed by atoms with Crippen molar-refractivity contribution in [3.05, 3.63) is 33.7 Å². The van der Waals surface area contributed by atoms with Gasteiger partial charge in [-0.25, -0.2) is 8.42 Å². The quantitative estimate of drug-likeness (QED) is 0.837. The lowest BCUT2D eigenvalue weighted by atomic mass is 10.2. The molecule has 0 bridgehead atoms. The number of hydrogen-bond acceptors (Lipinski definition) is 3. The highest BCUT2D eigenvalue weighted by atomic mass is 35.5. The van der Waals surface area contributed by atoms with E-state index < -0.39 is 9.84 Å². The number of likely N-dealkylation sites (tertiary alicyclic amines) is 1. The zero-order valence-corrected chi connectivity index (χ0v) is 11.5. The fourth-order valence-electron chi connectivity index (χ4n) is 2.54. The molecule has 2 aliphatic rings. The molecule has 3 rings (SSSR count). The third-order valence-corrected chi connectivity index (χ3v) is 5.61. The largest absolute Gasteiger partial charge is 0.298 e. The fraction of sp³-hybridized carbons (Fsp3) is 0.385. The van der Waals surface area contributed by atoms with Gasteiger partial charge >= 0.3 is 0 Å². The molecule has 18 heavy (non-hydrogen) atoms. The molecule has 0 aliphatic carbocycles. The van der Waals surface area contributed by atoms with Crippen molar-refractivity contribution in [1.82, 2.24) is 4.90 Å². The van der Waals surface area contributed by atoms with E-state index in [0.29, 0.717) is 21.4 Å². The Bertz CT molecular complexity index is 616. The molecule has 1 aromatic carbocycles. The van der Waals surface area contributed by atoms with Crippen LogP contribution in [-0.4, -0.2) is 33.0 Å². The molecular formula is C13H14ClNO2S. The zero-order valence-electron chi connectivity index (χ0n) is 9.89. The lowest BCUT2D eigenvalue weighted by molar-refractivity contribution is 0.374. The van der Waals surface area contributed by atoms with Gasteiger partial charge in [-0.3, -0.25) is 4.90 Å². The van der Waals surface area contributed by atoms with Gasteiger partial charge in [0, 0.05) is 11.6 Å². The van der Waals surface area contributed by atoms with Crippen LogP contribution < -0.4 is 0 Å². The number of fused-ring (bicyclic) bond motifs is 1. The van der Waals surface area contributed by atoms with Gasteiger partial charge in [-0.2, -0.15) is 0 Å². The minimum Gasteiger partial charge on any atom is -0.298 e. The number of sulfone groups is 1. The number of nitrogens with zero attached hydrogens (tertiary/aromatic N) is 1. The molecule has 0 unspecified atom stereocenters. The van der Waals surface area contributed by atoms with Gasteiger partial charge in [0.15, 0.2) is 0 Å². The first-order valence-electron chi connectivity index (χ1n) is 6.05. The molecule has 0 atom stereocenters. The van der Waals surface area contributed by atoms with Crippen molar-refractivity contribution >= 4 is 27.5 Å². The lowest BCUT2D eigenvalue weighted by Gasteiger charge is -2.14. The van der Waals surface area contributed by atoms with E-state index in [0.717, 1.165) is 31.5 Å². The maximum absolute atomic E-state index is 12.4. The predicted octanol–water partition coefficient (Wildman–Crippen LogP) is 2.56. The minimum absolute atomic E-state index is 0.351. The third-order valence-electron chi connectivity index (χ3n) is 3.50. The monoisotopic (exact) mass is 283 g/mol. The van der Waals surface area contributed by atoms with E-state index in [1.807, 2.05) is 0 Å². The Morgan fingerprint density at radius 3 is 2.67 bits per heavy atom. The first-order chi connectivity index (χ1) is 8.57. The Morgan fingerprint density at radius 2 is 1.94 bits per heavy atom. The van der Waals surface area contributed by atoms with E-state index in [1.165, 1.54) is 0 Å². The van der Waals surface area contributed by atoms with E-state index >= 15 is 0 Å². The van der Waals surface area contributed by atoms with Crippen LogP contribution in [0.3, 0.4) is 0 Å². The molecule has 2 heterocycles. The molecule has 1 saturated heterocycles. The number of rotatable bonds is 2. The second-order valence-electron chi connectivity index (χ2n) is 4.78. The van der Waals surface area contributed by atoms with E-state index in [-0.39, 0.29) is 0 Å². The van der Waals surface area contributed by atoms with Crippen molar-refractivity contribution < 1.29 is 8.42 Å². The lowest BCUT2D eigenvalue weighted by Crippen LogP contribution is -2.23. The summed E-state index contributed by atoms with van der Waals surface area (Å²) in [6.45, 7) is 2.50. The Labute approximate surface area is 112 Å². The van der Waals surface area contributed by atoms with Crippen LogP contribution in [0.2, 0.25) is 5.02 Å². The number of hydrogen-bond donors (Lipinski definition) is 0. The summed E-state index contributed by atoms with van der Waals surface area (Å²) in [5, 5.41) is 0.466. The predicted molar refractivity (Wildman–Crippen MR) is 72.3 cm³/mol. The highest BCUT2D eigenvalue weighted by Crippen LogP contribution is 2.35. The number of halogens is 1. The maximum atomic E-state index is 12.4. The summed E-state index contributed by atoms with van der Waals surface area (Å²) in [6, 6.07) is 5.04. The Balaban J connectivity index is 1.94. The van der Waals surface area contributed by atoms with Crippen molar-refractivity contribution in [2.75, 3.05) is 19.6 Å². The molecule has 0 aromatic heterocycles. The third kappa shape index (κ3) is 1.98. The van der Waals surface area contributed by atoms with Gasteiger partial charge in [-0.15, -0.1) is 0 Å². The second kappa shape index (κ2) is 4.37. The molecule has 5 heteroatoms. The minimum atomic E-state index is -3.32. The van der Waals surface area contributed by atoms with Crippen LogP contribution >= 0.6 is 11.6 Å². The number of benzene rings is 1. The van der Waals surface area contributed by atoms with Gasteiger partial charge < -0.3 is 0 Å². The van der Waals surface area contributed by atoms with Crippen LogP contribution in [-0.2, 0) is 9.84 Å². The van der Waals surface area contributed by atoms with Crippen molar-refractivity contribution in [2.45, 2.75) is 17.7 Å². The summed E-state index contributed by atoms with van der Waals surface area (Å²) in [6.07, 6.45) is 4.09. The summed E-state index contributed by atoms with van der Waals surface area (Å²) in [5.74, 6) is 0. The Hall–Kier alpha value is -0.840. The van der Waals surface area contributed by atoms with Gasteiger partial charge in [0.05, 0.1) is 9.80 Å².